The molecule has 1 fully saturated rings. The van der Waals surface area contributed by atoms with E-state index in [1.807, 2.05) is 14.0 Å². The maximum Gasteiger partial charge on any atom is 0.237 e. The first-order chi connectivity index (χ1) is 6.24. The highest BCUT2D eigenvalue weighted by Gasteiger charge is 2.17. The van der Waals surface area contributed by atoms with Crippen LogP contribution in [0.5, 0.6) is 0 Å². The molecule has 0 heterocycles. The summed E-state index contributed by atoms with van der Waals surface area (Å²) in [5.41, 5.74) is 0. The van der Waals surface area contributed by atoms with Gasteiger partial charge in [-0.2, -0.15) is 0 Å². The Morgan fingerprint density at radius 3 is 2.46 bits per heavy atom. The lowest BCUT2D eigenvalue weighted by molar-refractivity contribution is -0.123. The zero-order valence-electron chi connectivity index (χ0n) is 8.60. The van der Waals surface area contributed by atoms with E-state index in [0.717, 1.165) is 12.8 Å². The number of likely N-dealkylation sites (N-methyl/N-ethyl adjacent to an activating group) is 1. The number of hydrogen-bond acceptors (Lipinski definition) is 2. The van der Waals surface area contributed by atoms with E-state index in [0.29, 0.717) is 6.04 Å². The Morgan fingerprint density at radius 2 is 1.92 bits per heavy atom. The van der Waals surface area contributed by atoms with Crippen molar-refractivity contribution in [3.8, 4) is 0 Å². The molecule has 1 atom stereocenters. The van der Waals surface area contributed by atoms with Crippen molar-refractivity contribution in [2.75, 3.05) is 7.05 Å². The van der Waals surface area contributed by atoms with Gasteiger partial charge in [-0.3, -0.25) is 4.79 Å². The third-order valence-corrected chi connectivity index (χ3v) is 2.78. The highest BCUT2D eigenvalue weighted by atomic mass is 16.2. The molecule has 0 aromatic rings. The summed E-state index contributed by atoms with van der Waals surface area (Å²) in [5, 5.41) is 6.01. The van der Waals surface area contributed by atoms with Crippen LogP contribution in [0.1, 0.15) is 39.0 Å². The lowest BCUT2D eigenvalue weighted by atomic mass is 9.95. The highest BCUT2D eigenvalue weighted by Crippen LogP contribution is 2.17. The quantitative estimate of drug-likeness (QED) is 0.688. The molecule has 76 valence electrons. The van der Waals surface area contributed by atoms with Crippen molar-refractivity contribution in [1.82, 2.24) is 10.6 Å². The molecule has 0 unspecified atom stereocenters. The Morgan fingerprint density at radius 1 is 1.31 bits per heavy atom. The molecule has 1 rings (SSSR count). The molecule has 1 saturated carbocycles. The Bertz CT molecular complexity index is 164. The van der Waals surface area contributed by atoms with Gasteiger partial charge < -0.3 is 10.6 Å². The first kappa shape index (κ1) is 10.5. The van der Waals surface area contributed by atoms with Crippen LogP contribution in [0.25, 0.3) is 0 Å². The molecule has 1 amide bonds. The van der Waals surface area contributed by atoms with Crippen LogP contribution in [0.15, 0.2) is 0 Å². The van der Waals surface area contributed by atoms with Gasteiger partial charge in [0, 0.05) is 6.04 Å². The Balaban J connectivity index is 2.26. The predicted molar refractivity (Wildman–Crippen MR) is 53.5 cm³/mol. The zero-order chi connectivity index (χ0) is 9.68. The van der Waals surface area contributed by atoms with Crippen molar-refractivity contribution in [2.24, 2.45) is 0 Å². The lowest BCUT2D eigenvalue weighted by Crippen LogP contribution is -2.45. The molecule has 1 aliphatic rings. The summed E-state index contributed by atoms with van der Waals surface area (Å²) < 4.78 is 0. The number of nitrogens with one attached hydrogen (secondary N) is 2. The maximum atomic E-state index is 11.5. The van der Waals surface area contributed by atoms with Crippen LogP contribution in [0.3, 0.4) is 0 Å². The van der Waals surface area contributed by atoms with Crippen molar-refractivity contribution < 1.29 is 4.79 Å². The Hall–Kier alpha value is -0.570. The van der Waals surface area contributed by atoms with Crippen LogP contribution in [0.4, 0.5) is 0 Å². The van der Waals surface area contributed by atoms with Gasteiger partial charge >= 0.3 is 0 Å². The molecule has 1 aliphatic carbocycles. The highest BCUT2D eigenvalue weighted by molar-refractivity contribution is 5.81. The first-order valence-electron chi connectivity index (χ1n) is 5.21. The van der Waals surface area contributed by atoms with Crippen molar-refractivity contribution in [3.05, 3.63) is 0 Å². The van der Waals surface area contributed by atoms with Crippen molar-refractivity contribution in [1.29, 1.82) is 0 Å². The molecule has 0 bridgehead atoms. The number of rotatable bonds is 3. The predicted octanol–water partition coefficient (Wildman–Crippen LogP) is 1.04. The maximum absolute atomic E-state index is 11.5. The minimum atomic E-state index is -0.0677. The van der Waals surface area contributed by atoms with Gasteiger partial charge in [-0.25, -0.2) is 0 Å². The fourth-order valence-electron chi connectivity index (χ4n) is 1.70. The second-order valence-corrected chi connectivity index (χ2v) is 3.85. The Kier molecular flexibility index (Phi) is 4.22. The number of amides is 1. The van der Waals surface area contributed by atoms with Gasteiger partial charge in [-0.05, 0) is 26.8 Å². The third-order valence-electron chi connectivity index (χ3n) is 2.78. The number of hydrogen-bond donors (Lipinski definition) is 2. The molecule has 3 heteroatoms. The molecule has 3 nitrogen and oxygen atoms in total. The van der Waals surface area contributed by atoms with E-state index in [4.69, 9.17) is 0 Å². The SMILES string of the molecule is CN[C@H](C)C(=O)NC1CCCCC1. The minimum absolute atomic E-state index is 0.0677. The molecule has 0 aromatic heterocycles. The summed E-state index contributed by atoms with van der Waals surface area (Å²) in [6, 6.07) is 0.360. The second-order valence-electron chi connectivity index (χ2n) is 3.85. The van der Waals surface area contributed by atoms with Gasteiger partial charge in [0.25, 0.3) is 0 Å². The van der Waals surface area contributed by atoms with E-state index in [9.17, 15) is 4.79 Å². The van der Waals surface area contributed by atoms with E-state index in [2.05, 4.69) is 10.6 Å². The fraction of sp³-hybridized carbons (Fsp3) is 0.900. The van der Waals surface area contributed by atoms with E-state index in [-0.39, 0.29) is 11.9 Å². The second kappa shape index (κ2) is 5.22. The molecule has 0 saturated heterocycles. The monoisotopic (exact) mass is 184 g/mol. The minimum Gasteiger partial charge on any atom is -0.352 e. The summed E-state index contributed by atoms with van der Waals surface area (Å²) >= 11 is 0. The molecule has 2 N–H and O–H groups in total. The molecule has 0 radical (unpaired) electrons. The van der Waals surface area contributed by atoms with E-state index in [1.165, 1.54) is 19.3 Å². The average Bonchev–Trinajstić information content (AvgIpc) is 2.18. The van der Waals surface area contributed by atoms with Gasteiger partial charge in [-0.1, -0.05) is 19.3 Å². The summed E-state index contributed by atoms with van der Waals surface area (Å²) in [5.74, 6) is 0.134. The number of carbonyl (C=O) groups excluding carboxylic acids is 1. The topological polar surface area (TPSA) is 41.1 Å². The van der Waals surface area contributed by atoms with Crippen LogP contribution in [-0.4, -0.2) is 25.0 Å². The smallest absolute Gasteiger partial charge is 0.237 e. The summed E-state index contributed by atoms with van der Waals surface area (Å²) in [6.07, 6.45) is 6.16. The van der Waals surface area contributed by atoms with E-state index >= 15 is 0 Å². The number of carbonyl (C=O) groups is 1. The van der Waals surface area contributed by atoms with Crippen molar-refractivity contribution in [2.45, 2.75) is 51.1 Å². The van der Waals surface area contributed by atoms with Gasteiger partial charge in [0.2, 0.25) is 5.91 Å². The van der Waals surface area contributed by atoms with Gasteiger partial charge in [0.05, 0.1) is 6.04 Å². The molecule has 0 spiro atoms. The molecule has 0 aromatic carbocycles. The average molecular weight is 184 g/mol. The van der Waals surface area contributed by atoms with Crippen LogP contribution in [0.2, 0.25) is 0 Å². The third kappa shape index (κ3) is 3.35. The van der Waals surface area contributed by atoms with Crippen LogP contribution in [0, 0.1) is 0 Å². The normalized spacial score (nSPS) is 21.1. The largest absolute Gasteiger partial charge is 0.352 e. The van der Waals surface area contributed by atoms with E-state index < -0.39 is 0 Å². The van der Waals surface area contributed by atoms with Crippen LogP contribution >= 0.6 is 0 Å². The van der Waals surface area contributed by atoms with Crippen molar-refractivity contribution >= 4 is 5.91 Å². The zero-order valence-corrected chi connectivity index (χ0v) is 8.60. The summed E-state index contributed by atoms with van der Waals surface area (Å²) in [7, 11) is 1.81. The molecule has 13 heavy (non-hydrogen) atoms. The summed E-state index contributed by atoms with van der Waals surface area (Å²) in [6.45, 7) is 1.89. The fourth-order valence-corrected chi connectivity index (χ4v) is 1.70. The van der Waals surface area contributed by atoms with Gasteiger partial charge in [-0.15, -0.1) is 0 Å². The molecular formula is C10H20N2O. The van der Waals surface area contributed by atoms with Crippen molar-refractivity contribution in [3.63, 3.8) is 0 Å². The molecular weight excluding hydrogens is 164 g/mol. The standard InChI is InChI=1S/C10H20N2O/c1-8(11-2)10(13)12-9-6-4-3-5-7-9/h8-9,11H,3-7H2,1-2H3,(H,12,13)/t8-/m1/s1. The van der Waals surface area contributed by atoms with Gasteiger partial charge in [0.15, 0.2) is 0 Å². The Labute approximate surface area is 80.3 Å². The molecule has 0 aliphatic heterocycles. The summed E-state index contributed by atoms with van der Waals surface area (Å²) in [4.78, 5) is 11.5. The van der Waals surface area contributed by atoms with Crippen LogP contribution in [-0.2, 0) is 4.79 Å². The lowest BCUT2D eigenvalue weighted by Gasteiger charge is -2.24. The first-order valence-corrected chi connectivity index (χ1v) is 5.21. The van der Waals surface area contributed by atoms with E-state index in [1.54, 1.807) is 0 Å². The van der Waals surface area contributed by atoms with Crippen LogP contribution < -0.4 is 10.6 Å². The van der Waals surface area contributed by atoms with Gasteiger partial charge in [0.1, 0.15) is 0 Å².